The van der Waals surface area contributed by atoms with Crippen LogP contribution < -0.4 is 16.0 Å². The summed E-state index contributed by atoms with van der Waals surface area (Å²) in [5, 5.41) is 8.60. The number of carbonyl (C=O) groups excluding carboxylic acids is 8. The van der Waals surface area contributed by atoms with Crippen molar-refractivity contribution in [2.24, 2.45) is 0 Å². The van der Waals surface area contributed by atoms with Crippen molar-refractivity contribution >= 4 is 47.4 Å². The lowest BCUT2D eigenvalue weighted by Crippen LogP contribution is -2.52. The second-order valence-corrected chi connectivity index (χ2v) is 13.9. The van der Waals surface area contributed by atoms with E-state index < -0.39 is 60.2 Å². The number of Topliss-reactive ketones (excluding diaryl/α,β-unsaturated/α-hetero) is 1. The molecule has 0 radical (unpaired) electrons. The van der Waals surface area contributed by atoms with Crippen LogP contribution in [0.3, 0.4) is 0 Å². The number of ether oxygens (including phenoxy) is 2. The van der Waals surface area contributed by atoms with Gasteiger partial charge in [-0.25, -0.2) is 14.4 Å². The third-order valence-electron chi connectivity index (χ3n) is 9.35. The number of nitrogens with one attached hydrogen (secondary N) is 3. The number of alkyl carbamates (subject to hydrolysis) is 1. The van der Waals surface area contributed by atoms with Crippen LogP contribution in [-0.4, -0.2) is 77.7 Å². The first-order valence-electron chi connectivity index (χ1n) is 19.3. The van der Waals surface area contributed by atoms with Crippen molar-refractivity contribution in [3.8, 4) is 0 Å². The van der Waals surface area contributed by atoms with Gasteiger partial charge in [0.2, 0.25) is 11.8 Å². The van der Waals surface area contributed by atoms with Gasteiger partial charge in [0, 0.05) is 32.2 Å². The molecule has 1 aliphatic rings. The number of amides is 5. The van der Waals surface area contributed by atoms with Gasteiger partial charge in [0.05, 0.1) is 11.6 Å². The Morgan fingerprint density at radius 3 is 1.98 bits per heavy atom. The first kappa shape index (κ1) is 44.3. The third kappa shape index (κ3) is 14.6. The van der Waals surface area contributed by atoms with Gasteiger partial charge < -0.3 is 30.3 Å². The number of rotatable bonds is 22. The van der Waals surface area contributed by atoms with E-state index in [1.165, 1.54) is 0 Å². The Bertz CT molecular complexity index is 1880. The molecule has 1 fully saturated rings. The van der Waals surface area contributed by atoms with Crippen molar-refractivity contribution in [3.63, 3.8) is 0 Å². The molecular formula is C43H50N4O11. The Hall–Kier alpha value is -6.38. The maximum atomic E-state index is 13.8. The van der Waals surface area contributed by atoms with Crippen molar-refractivity contribution in [3.05, 3.63) is 107 Å². The fourth-order valence-corrected chi connectivity index (χ4v) is 6.15. The molecule has 0 unspecified atom stereocenters. The molecule has 3 N–H and O–H groups in total. The predicted octanol–water partition coefficient (Wildman–Crippen LogP) is 4.51. The standard InChI is InChI=1S/C43H50N4O11/c1-29-13-11-14-30(2)40(29)42(54)56-28-35(48)33(19-9-10-26-44-36(49)20-12-21-39(52)58-47-37(50)24-25-38(47)51)45-41(53)34(23-22-31-15-5-3-6-16-31)46-43(55)57-27-32-17-7-4-8-18-32/h3-8,11,13-18,33-34H,9-10,12,19-28H2,1-2H3,(H,44,49)(H,45,53)(H,46,55)/t33-,34-/m1/s1. The number of hydrogen-bond acceptors (Lipinski definition) is 11. The van der Waals surface area contributed by atoms with Gasteiger partial charge in [0.25, 0.3) is 11.8 Å². The van der Waals surface area contributed by atoms with Crippen molar-refractivity contribution in [1.29, 1.82) is 0 Å². The summed E-state index contributed by atoms with van der Waals surface area (Å²) in [4.78, 5) is 106. The molecule has 3 aromatic carbocycles. The van der Waals surface area contributed by atoms with Gasteiger partial charge >= 0.3 is 18.0 Å². The molecule has 1 saturated heterocycles. The molecule has 2 atom stereocenters. The highest BCUT2D eigenvalue weighted by Gasteiger charge is 2.33. The summed E-state index contributed by atoms with van der Waals surface area (Å²) in [5.41, 5.74) is 3.41. The summed E-state index contributed by atoms with van der Waals surface area (Å²) in [7, 11) is 0. The average Bonchev–Trinajstić information content (AvgIpc) is 3.52. The smallest absolute Gasteiger partial charge is 0.408 e. The number of aryl methyl sites for hydroxylation is 3. The van der Waals surface area contributed by atoms with Crippen LogP contribution in [-0.2, 0) is 56.1 Å². The number of ketones is 1. The van der Waals surface area contributed by atoms with Gasteiger partial charge in [-0.1, -0.05) is 78.9 Å². The lowest BCUT2D eigenvalue weighted by molar-refractivity contribution is -0.197. The fraction of sp³-hybridized carbons (Fsp3) is 0.395. The summed E-state index contributed by atoms with van der Waals surface area (Å²) in [6, 6.07) is 21.6. The summed E-state index contributed by atoms with van der Waals surface area (Å²) in [5.74, 6) is -4.17. The van der Waals surface area contributed by atoms with Crippen molar-refractivity contribution in [1.82, 2.24) is 21.0 Å². The Morgan fingerprint density at radius 2 is 1.33 bits per heavy atom. The summed E-state index contributed by atoms with van der Waals surface area (Å²) >= 11 is 0. The van der Waals surface area contributed by atoms with Gasteiger partial charge in [-0.2, -0.15) is 0 Å². The highest BCUT2D eigenvalue weighted by Crippen LogP contribution is 2.16. The van der Waals surface area contributed by atoms with Crippen LogP contribution in [0.4, 0.5) is 4.79 Å². The Balaban J connectivity index is 1.34. The highest BCUT2D eigenvalue weighted by atomic mass is 16.7. The van der Waals surface area contributed by atoms with Gasteiger partial charge in [-0.3, -0.25) is 24.0 Å². The average molecular weight is 799 g/mol. The molecule has 0 bridgehead atoms. The monoisotopic (exact) mass is 798 g/mol. The number of hydrogen-bond donors (Lipinski definition) is 3. The van der Waals surface area contributed by atoms with E-state index in [9.17, 15) is 38.4 Å². The van der Waals surface area contributed by atoms with E-state index >= 15 is 0 Å². The SMILES string of the molecule is Cc1cccc(C)c1C(=O)OCC(=O)[C@@H](CCCCNC(=O)CCCC(=O)ON1C(=O)CCC1=O)NC(=O)[C@@H](CCc1ccccc1)NC(=O)OCc1ccccc1. The maximum Gasteiger partial charge on any atom is 0.408 e. The lowest BCUT2D eigenvalue weighted by Gasteiger charge is -2.23. The largest absolute Gasteiger partial charge is 0.454 e. The molecule has 4 rings (SSSR count). The maximum absolute atomic E-state index is 13.8. The van der Waals surface area contributed by atoms with E-state index in [0.29, 0.717) is 41.0 Å². The second kappa shape index (κ2) is 23.0. The quantitative estimate of drug-likeness (QED) is 0.0734. The van der Waals surface area contributed by atoms with Crippen molar-refractivity contribution in [2.75, 3.05) is 13.2 Å². The summed E-state index contributed by atoms with van der Waals surface area (Å²) in [6.45, 7) is 3.12. The molecule has 0 aromatic heterocycles. The number of benzene rings is 3. The lowest BCUT2D eigenvalue weighted by atomic mass is 10.0. The minimum Gasteiger partial charge on any atom is -0.454 e. The Morgan fingerprint density at radius 1 is 0.690 bits per heavy atom. The molecule has 15 nitrogen and oxygen atoms in total. The van der Waals surface area contributed by atoms with Crippen LogP contribution in [0, 0.1) is 13.8 Å². The number of unbranched alkanes of at least 4 members (excludes halogenated alkanes) is 1. The van der Waals surface area contributed by atoms with Crippen LogP contribution in [0.15, 0.2) is 78.9 Å². The van der Waals surface area contributed by atoms with Crippen LogP contribution in [0.25, 0.3) is 0 Å². The molecule has 1 heterocycles. The molecule has 15 heteroatoms. The van der Waals surface area contributed by atoms with E-state index in [2.05, 4.69) is 16.0 Å². The summed E-state index contributed by atoms with van der Waals surface area (Å²) < 4.78 is 10.8. The number of carbonyl (C=O) groups is 8. The first-order valence-corrected chi connectivity index (χ1v) is 19.3. The van der Waals surface area contributed by atoms with E-state index in [-0.39, 0.29) is 64.0 Å². The number of esters is 1. The molecule has 0 aliphatic carbocycles. The van der Waals surface area contributed by atoms with Gasteiger partial charge in [0.15, 0.2) is 12.4 Å². The zero-order valence-corrected chi connectivity index (χ0v) is 32.8. The van der Waals surface area contributed by atoms with Crippen LogP contribution >= 0.6 is 0 Å². The number of imide groups is 1. The predicted molar refractivity (Wildman–Crippen MR) is 209 cm³/mol. The molecule has 308 valence electrons. The number of nitrogens with zero attached hydrogens (tertiary/aromatic N) is 1. The second-order valence-electron chi connectivity index (χ2n) is 13.9. The molecule has 1 aliphatic heterocycles. The van der Waals surface area contributed by atoms with Gasteiger partial charge in [-0.15, -0.1) is 5.06 Å². The molecule has 3 aromatic rings. The van der Waals surface area contributed by atoms with Gasteiger partial charge in [0.1, 0.15) is 12.6 Å². The normalized spacial score (nSPS) is 13.2. The first-order chi connectivity index (χ1) is 27.9. The number of hydroxylamine groups is 2. The van der Waals surface area contributed by atoms with Crippen molar-refractivity contribution in [2.45, 2.75) is 96.7 Å². The zero-order chi connectivity index (χ0) is 41.9. The molecule has 5 amide bonds. The minimum absolute atomic E-state index is 0.00888. The highest BCUT2D eigenvalue weighted by molar-refractivity contribution is 6.01. The zero-order valence-electron chi connectivity index (χ0n) is 32.8. The molecule has 58 heavy (non-hydrogen) atoms. The van der Waals surface area contributed by atoms with Crippen molar-refractivity contribution < 1.29 is 52.7 Å². The minimum atomic E-state index is -1.10. The van der Waals surface area contributed by atoms with E-state index in [0.717, 1.165) is 11.1 Å². The Kier molecular flexibility index (Phi) is 17.6. The molecule has 0 saturated carbocycles. The van der Waals surface area contributed by atoms with Crippen LogP contribution in [0.2, 0.25) is 0 Å². The molecular weight excluding hydrogens is 748 g/mol. The Labute approximate surface area is 337 Å². The van der Waals surface area contributed by atoms with Gasteiger partial charge in [-0.05, 0) is 74.6 Å². The van der Waals surface area contributed by atoms with Crippen LogP contribution in [0.1, 0.15) is 90.4 Å². The topological polar surface area (TPSA) is 204 Å². The summed E-state index contributed by atoms with van der Waals surface area (Å²) in [6.07, 6.45) is 0.633. The van der Waals surface area contributed by atoms with E-state index in [4.69, 9.17) is 14.3 Å². The third-order valence-corrected chi connectivity index (χ3v) is 9.35. The molecule has 0 spiro atoms. The van der Waals surface area contributed by atoms with Crippen LogP contribution in [0.5, 0.6) is 0 Å². The van der Waals surface area contributed by atoms with E-state index in [1.807, 2.05) is 48.5 Å². The van der Waals surface area contributed by atoms with E-state index in [1.54, 1.807) is 44.2 Å². The fourth-order valence-electron chi connectivity index (χ4n) is 6.15.